The first-order valence-corrected chi connectivity index (χ1v) is 11.6. The number of hydrogen-bond donors (Lipinski definition) is 1. The van der Waals surface area contributed by atoms with E-state index in [1.54, 1.807) is 0 Å². The minimum atomic E-state index is 0.788. The fraction of sp³-hybridized carbons (Fsp3) is 0.560. The number of anilines is 1. The van der Waals surface area contributed by atoms with Crippen LogP contribution in [0.3, 0.4) is 0 Å². The van der Waals surface area contributed by atoms with Crippen LogP contribution in [0, 0.1) is 18.8 Å². The Morgan fingerprint density at radius 3 is 2.58 bits per heavy atom. The molecule has 1 fully saturated rings. The van der Waals surface area contributed by atoms with Gasteiger partial charge in [0, 0.05) is 38.5 Å². The third kappa shape index (κ3) is 5.82. The molecule has 2 heterocycles. The molecule has 0 amide bonds. The number of rotatable bonds is 9. The molecule has 1 aliphatic carbocycles. The average Bonchev–Trinajstić information content (AvgIpc) is 3.19. The highest BCUT2D eigenvalue weighted by Gasteiger charge is 2.21. The maximum Gasteiger partial charge on any atom is 0.139 e. The van der Waals surface area contributed by atoms with E-state index in [2.05, 4.69) is 53.7 Å². The molecule has 1 aromatic carbocycles. The van der Waals surface area contributed by atoms with Crippen LogP contribution >= 0.6 is 0 Å². The Hall–Kier alpha value is -2.47. The lowest BCUT2D eigenvalue weighted by Gasteiger charge is -2.28. The molecule has 0 bridgehead atoms. The summed E-state index contributed by atoms with van der Waals surface area (Å²) in [6.07, 6.45) is 8.76. The largest absolute Gasteiger partial charge is 0.362 e. The van der Waals surface area contributed by atoms with Crippen LogP contribution in [-0.2, 0) is 13.0 Å². The van der Waals surface area contributed by atoms with Crippen molar-refractivity contribution < 1.29 is 4.52 Å². The van der Waals surface area contributed by atoms with Crippen molar-refractivity contribution in [2.24, 2.45) is 11.8 Å². The first-order chi connectivity index (χ1) is 15.1. The van der Waals surface area contributed by atoms with Crippen molar-refractivity contribution in [1.29, 1.82) is 0 Å². The zero-order valence-corrected chi connectivity index (χ0v) is 19.1. The smallest absolute Gasteiger partial charge is 0.139 e. The molecule has 0 unspecified atom stereocenters. The quantitative estimate of drug-likeness (QED) is 0.529. The molecule has 1 aliphatic rings. The standard InChI is InChI=1S/C25H35N5O/c1-18-15-21(29-31-18)17-26-16-20-13-11-19(12-14-20)7-6-10-24-27-23-9-5-4-8-22(23)25(28-24)30(2)3/h4-5,8-9,15,19-20,26H,6-7,10-14,16-17H2,1-3H3. The van der Waals surface area contributed by atoms with Crippen molar-refractivity contribution in [3.8, 4) is 0 Å². The Morgan fingerprint density at radius 1 is 1.06 bits per heavy atom. The van der Waals surface area contributed by atoms with E-state index in [4.69, 9.17) is 14.5 Å². The Morgan fingerprint density at radius 2 is 1.84 bits per heavy atom. The monoisotopic (exact) mass is 421 g/mol. The van der Waals surface area contributed by atoms with Crippen LogP contribution < -0.4 is 10.2 Å². The molecule has 0 saturated heterocycles. The second-order valence-electron chi connectivity index (χ2n) is 9.21. The van der Waals surface area contributed by atoms with Crippen molar-refractivity contribution >= 4 is 16.7 Å². The first-order valence-electron chi connectivity index (χ1n) is 11.6. The highest BCUT2D eigenvalue weighted by molar-refractivity contribution is 5.89. The van der Waals surface area contributed by atoms with Crippen LogP contribution in [0.4, 0.5) is 5.82 Å². The molecule has 0 aliphatic heterocycles. The van der Waals surface area contributed by atoms with Crippen LogP contribution in [0.25, 0.3) is 10.9 Å². The van der Waals surface area contributed by atoms with Gasteiger partial charge in [0.15, 0.2) is 0 Å². The number of benzene rings is 1. The molecule has 4 rings (SSSR count). The van der Waals surface area contributed by atoms with Crippen LogP contribution in [0.2, 0.25) is 0 Å². The van der Waals surface area contributed by atoms with Crippen molar-refractivity contribution in [3.05, 3.63) is 47.6 Å². The SMILES string of the molecule is Cc1cc(CNCC2CCC(CCCc3nc(N(C)C)c4ccccc4n3)CC2)no1. The number of nitrogens with one attached hydrogen (secondary N) is 1. The maximum atomic E-state index is 5.13. The molecule has 0 radical (unpaired) electrons. The van der Waals surface area contributed by atoms with Gasteiger partial charge in [0.1, 0.15) is 17.4 Å². The summed E-state index contributed by atoms with van der Waals surface area (Å²) >= 11 is 0. The van der Waals surface area contributed by atoms with Gasteiger partial charge in [-0.3, -0.25) is 0 Å². The maximum absolute atomic E-state index is 5.13. The summed E-state index contributed by atoms with van der Waals surface area (Å²) in [5.74, 6) is 4.51. The van der Waals surface area contributed by atoms with Crippen LogP contribution in [0.1, 0.15) is 55.8 Å². The first kappa shape index (κ1) is 21.8. The van der Waals surface area contributed by atoms with E-state index < -0.39 is 0 Å². The van der Waals surface area contributed by atoms with Gasteiger partial charge in [-0.15, -0.1) is 0 Å². The Bertz CT molecular complexity index is 975. The van der Waals surface area contributed by atoms with Gasteiger partial charge in [-0.25, -0.2) is 9.97 Å². The van der Waals surface area contributed by atoms with E-state index in [0.29, 0.717) is 0 Å². The minimum absolute atomic E-state index is 0.788. The second-order valence-corrected chi connectivity index (χ2v) is 9.21. The second kappa shape index (κ2) is 10.2. The number of aryl methyl sites for hydroxylation is 2. The molecule has 1 saturated carbocycles. The third-order valence-corrected chi connectivity index (χ3v) is 6.45. The lowest BCUT2D eigenvalue weighted by atomic mass is 9.80. The summed E-state index contributed by atoms with van der Waals surface area (Å²) in [5.41, 5.74) is 2.05. The normalized spacial score (nSPS) is 19.1. The van der Waals surface area contributed by atoms with Crippen molar-refractivity contribution in [2.45, 2.75) is 58.4 Å². The van der Waals surface area contributed by atoms with Gasteiger partial charge in [-0.05, 0) is 56.7 Å². The van der Waals surface area contributed by atoms with Crippen LogP contribution in [-0.4, -0.2) is 35.8 Å². The summed E-state index contributed by atoms with van der Waals surface area (Å²) in [4.78, 5) is 11.8. The lowest BCUT2D eigenvalue weighted by Crippen LogP contribution is -2.26. The fourth-order valence-corrected chi connectivity index (χ4v) is 4.74. The Kier molecular flexibility index (Phi) is 7.17. The third-order valence-electron chi connectivity index (χ3n) is 6.45. The zero-order chi connectivity index (χ0) is 21.6. The summed E-state index contributed by atoms with van der Waals surface area (Å²) in [6.45, 7) is 3.82. The number of nitrogens with zero attached hydrogens (tertiary/aromatic N) is 4. The Labute approximate surface area is 185 Å². The van der Waals surface area contributed by atoms with Crippen LogP contribution in [0.5, 0.6) is 0 Å². The number of aromatic nitrogens is 3. The highest BCUT2D eigenvalue weighted by Crippen LogP contribution is 2.32. The van der Waals surface area contributed by atoms with Crippen molar-refractivity contribution in [2.75, 3.05) is 25.5 Å². The predicted octanol–water partition coefficient (Wildman–Crippen LogP) is 4.91. The molecular weight excluding hydrogens is 386 g/mol. The van der Waals surface area contributed by atoms with Gasteiger partial charge in [0.25, 0.3) is 0 Å². The Balaban J connectivity index is 1.20. The van der Waals surface area contributed by atoms with Gasteiger partial charge < -0.3 is 14.7 Å². The molecule has 0 spiro atoms. The molecule has 31 heavy (non-hydrogen) atoms. The summed E-state index contributed by atoms with van der Waals surface area (Å²) < 4.78 is 5.13. The van der Waals surface area contributed by atoms with Gasteiger partial charge in [-0.2, -0.15) is 0 Å². The van der Waals surface area contributed by atoms with Gasteiger partial charge in [-0.1, -0.05) is 36.6 Å². The lowest BCUT2D eigenvalue weighted by molar-refractivity contribution is 0.253. The van der Waals surface area contributed by atoms with Gasteiger partial charge in [0.05, 0.1) is 11.2 Å². The van der Waals surface area contributed by atoms with Crippen LogP contribution in [0.15, 0.2) is 34.9 Å². The molecule has 3 aromatic rings. The average molecular weight is 422 g/mol. The summed E-state index contributed by atoms with van der Waals surface area (Å²) in [7, 11) is 4.11. The molecule has 1 N–H and O–H groups in total. The molecule has 166 valence electrons. The van der Waals surface area contributed by atoms with E-state index >= 15 is 0 Å². The molecule has 2 aromatic heterocycles. The van der Waals surface area contributed by atoms with E-state index in [1.165, 1.54) is 38.5 Å². The predicted molar refractivity (Wildman–Crippen MR) is 125 cm³/mol. The number of para-hydroxylation sites is 1. The molecule has 6 nitrogen and oxygen atoms in total. The fourth-order valence-electron chi connectivity index (χ4n) is 4.74. The molecule has 0 atom stereocenters. The van der Waals surface area contributed by atoms with E-state index in [1.807, 2.05) is 13.0 Å². The van der Waals surface area contributed by atoms with E-state index in [-0.39, 0.29) is 0 Å². The van der Waals surface area contributed by atoms with Gasteiger partial charge in [0.2, 0.25) is 0 Å². The highest BCUT2D eigenvalue weighted by atomic mass is 16.5. The molecule has 6 heteroatoms. The summed E-state index contributed by atoms with van der Waals surface area (Å²) in [5, 5.41) is 8.73. The topological polar surface area (TPSA) is 67.1 Å². The minimum Gasteiger partial charge on any atom is -0.362 e. The van der Waals surface area contributed by atoms with E-state index in [0.717, 1.165) is 65.3 Å². The van der Waals surface area contributed by atoms with Crippen molar-refractivity contribution in [3.63, 3.8) is 0 Å². The zero-order valence-electron chi connectivity index (χ0n) is 19.1. The molecular formula is C25H35N5O. The summed E-state index contributed by atoms with van der Waals surface area (Å²) in [6, 6.07) is 10.3. The van der Waals surface area contributed by atoms with Gasteiger partial charge >= 0.3 is 0 Å². The number of hydrogen-bond acceptors (Lipinski definition) is 6. The number of fused-ring (bicyclic) bond motifs is 1. The van der Waals surface area contributed by atoms with E-state index in [9.17, 15) is 0 Å². The van der Waals surface area contributed by atoms with Crippen molar-refractivity contribution in [1.82, 2.24) is 20.4 Å².